The van der Waals surface area contributed by atoms with Gasteiger partial charge < -0.3 is 19.9 Å². The lowest BCUT2D eigenvalue weighted by Crippen LogP contribution is -2.63. The van der Waals surface area contributed by atoms with Crippen LogP contribution in [0.5, 0.6) is 0 Å². The number of amides is 2. The summed E-state index contributed by atoms with van der Waals surface area (Å²) < 4.78 is 0. The Hall–Kier alpha value is -3.72. The molecule has 1 aromatic heterocycles. The summed E-state index contributed by atoms with van der Waals surface area (Å²) in [5.41, 5.74) is 3.14. The molecule has 0 spiro atoms. The summed E-state index contributed by atoms with van der Waals surface area (Å²) in [6.45, 7) is 0.180. The minimum Gasteiger partial charge on any atom is -0.396 e. The number of nitrogens with one attached hydrogen (secondary N) is 1. The molecule has 0 bridgehead atoms. The molecule has 1 saturated heterocycles. The monoisotopic (exact) mass is 434 g/mol. The molecule has 2 atom stereocenters. The topological polar surface area (TPSA) is 120 Å². The average molecular weight is 434 g/mol. The second-order valence-electron chi connectivity index (χ2n) is 8.18. The normalized spacial score (nSPS) is 20.4. The number of carbonyl (C=O) groups excluding carboxylic acids is 2. The number of hydrogen-bond donors (Lipinski definition) is 2. The fourth-order valence-electron chi connectivity index (χ4n) is 4.93. The Morgan fingerprint density at radius 3 is 2.75 bits per heavy atom. The van der Waals surface area contributed by atoms with E-state index in [1.165, 1.54) is 17.0 Å². The standard InChI is InChI=1S/C23H22N4O5/c28-10-4-9-25-13-20(29)26-19(23(25)30)12-17-16-7-1-2-8-18(16)24-21(17)22(26)14-5-3-6-15(11-14)27(31)32/h1-3,5-8,11,19,22,24,28H,4,9-10,12-13H2/t19-,22?/m1/s1. The van der Waals surface area contributed by atoms with Gasteiger partial charge in [0.2, 0.25) is 11.8 Å². The predicted octanol–water partition coefficient (Wildman–Crippen LogP) is 2.14. The van der Waals surface area contributed by atoms with Crippen LogP contribution in [0.3, 0.4) is 0 Å². The first-order chi connectivity index (χ1) is 15.5. The van der Waals surface area contributed by atoms with Gasteiger partial charge in [0.25, 0.3) is 5.69 Å². The number of aromatic nitrogens is 1. The molecule has 1 fully saturated rings. The van der Waals surface area contributed by atoms with Gasteiger partial charge in [-0.2, -0.15) is 0 Å². The zero-order valence-electron chi connectivity index (χ0n) is 17.2. The number of hydrogen-bond acceptors (Lipinski definition) is 5. The van der Waals surface area contributed by atoms with Gasteiger partial charge in [-0.1, -0.05) is 30.3 Å². The lowest BCUT2D eigenvalue weighted by atomic mass is 9.86. The number of aliphatic hydroxyl groups excluding tert-OH is 1. The molecule has 2 amide bonds. The molecule has 9 nitrogen and oxygen atoms in total. The van der Waals surface area contributed by atoms with Crippen LogP contribution in [-0.4, -0.2) is 62.4 Å². The highest BCUT2D eigenvalue weighted by Gasteiger charge is 2.48. The van der Waals surface area contributed by atoms with Gasteiger partial charge in [0.05, 0.1) is 17.5 Å². The first kappa shape index (κ1) is 20.2. The van der Waals surface area contributed by atoms with E-state index in [4.69, 9.17) is 0 Å². The molecule has 0 saturated carbocycles. The van der Waals surface area contributed by atoms with Crippen LogP contribution in [0, 0.1) is 10.1 Å². The van der Waals surface area contributed by atoms with Crippen LogP contribution in [0.1, 0.15) is 29.3 Å². The number of nitro groups is 1. The Kier molecular flexibility index (Phi) is 4.90. The SMILES string of the molecule is O=C1[C@H]2Cc3c([nH]c4ccccc34)C(c3cccc([N+](=O)[O-])c3)N2C(=O)CN1CCCO. The summed E-state index contributed by atoms with van der Waals surface area (Å²) in [7, 11) is 0. The smallest absolute Gasteiger partial charge is 0.269 e. The molecule has 5 rings (SSSR count). The third kappa shape index (κ3) is 3.13. The second-order valence-corrected chi connectivity index (χ2v) is 8.18. The van der Waals surface area contributed by atoms with Crippen molar-refractivity contribution in [1.29, 1.82) is 0 Å². The third-order valence-corrected chi connectivity index (χ3v) is 6.33. The molecular weight excluding hydrogens is 412 g/mol. The van der Waals surface area contributed by atoms with Gasteiger partial charge in [-0.25, -0.2) is 0 Å². The van der Waals surface area contributed by atoms with Crippen LogP contribution < -0.4 is 0 Å². The zero-order valence-corrected chi connectivity index (χ0v) is 17.2. The van der Waals surface area contributed by atoms with E-state index in [0.717, 1.165) is 22.2 Å². The van der Waals surface area contributed by atoms with Gasteiger partial charge in [-0.15, -0.1) is 0 Å². The highest BCUT2D eigenvalue weighted by Crippen LogP contribution is 2.43. The van der Waals surface area contributed by atoms with E-state index >= 15 is 0 Å². The highest BCUT2D eigenvalue weighted by molar-refractivity contribution is 5.97. The molecule has 2 aliphatic heterocycles. The average Bonchev–Trinajstić information content (AvgIpc) is 3.17. The number of H-pyrrole nitrogens is 1. The largest absolute Gasteiger partial charge is 0.396 e. The minimum absolute atomic E-state index is 0.0603. The van der Waals surface area contributed by atoms with Crippen molar-refractivity contribution < 1.29 is 19.6 Å². The number of aliphatic hydroxyl groups is 1. The molecule has 32 heavy (non-hydrogen) atoms. The highest BCUT2D eigenvalue weighted by atomic mass is 16.6. The Bertz CT molecular complexity index is 1240. The van der Waals surface area contributed by atoms with Crippen LogP contribution in [-0.2, 0) is 16.0 Å². The molecule has 2 N–H and O–H groups in total. The Labute approximate surface area is 183 Å². The number of carbonyl (C=O) groups is 2. The predicted molar refractivity (Wildman–Crippen MR) is 116 cm³/mol. The number of non-ortho nitro benzene ring substituents is 1. The molecule has 164 valence electrons. The van der Waals surface area contributed by atoms with Crippen molar-refractivity contribution in [2.75, 3.05) is 19.7 Å². The van der Waals surface area contributed by atoms with Gasteiger partial charge in [0.15, 0.2) is 0 Å². The maximum Gasteiger partial charge on any atom is 0.269 e. The van der Waals surface area contributed by atoms with E-state index in [1.807, 2.05) is 24.3 Å². The minimum atomic E-state index is -0.703. The van der Waals surface area contributed by atoms with E-state index in [-0.39, 0.29) is 30.7 Å². The quantitative estimate of drug-likeness (QED) is 0.471. The summed E-state index contributed by atoms with van der Waals surface area (Å²) in [6, 6.07) is 12.7. The number of nitrogens with zero attached hydrogens (tertiary/aromatic N) is 3. The summed E-state index contributed by atoms with van der Waals surface area (Å²) in [6.07, 6.45) is 0.767. The fourth-order valence-corrected chi connectivity index (χ4v) is 4.93. The first-order valence-corrected chi connectivity index (χ1v) is 10.5. The zero-order chi connectivity index (χ0) is 22.4. The van der Waals surface area contributed by atoms with Crippen LogP contribution >= 0.6 is 0 Å². The van der Waals surface area contributed by atoms with E-state index in [0.29, 0.717) is 24.9 Å². The molecule has 3 aromatic rings. The number of rotatable bonds is 5. The summed E-state index contributed by atoms with van der Waals surface area (Å²) in [4.78, 5) is 44.1. The van der Waals surface area contributed by atoms with Crippen molar-refractivity contribution >= 4 is 28.4 Å². The van der Waals surface area contributed by atoms with E-state index in [2.05, 4.69) is 4.98 Å². The maximum atomic E-state index is 13.4. The summed E-state index contributed by atoms with van der Waals surface area (Å²) in [5, 5.41) is 21.5. The lowest BCUT2D eigenvalue weighted by Gasteiger charge is -2.47. The van der Waals surface area contributed by atoms with Crippen molar-refractivity contribution in [2.45, 2.75) is 24.9 Å². The van der Waals surface area contributed by atoms with E-state index in [1.54, 1.807) is 17.0 Å². The van der Waals surface area contributed by atoms with Crippen molar-refractivity contribution in [3.63, 3.8) is 0 Å². The molecule has 2 aromatic carbocycles. The Morgan fingerprint density at radius 1 is 1.16 bits per heavy atom. The summed E-state index contributed by atoms with van der Waals surface area (Å²) >= 11 is 0. The van der Waals surface area contributed by atoms with Crippen molar-refractivity contribution in [2.24, 2.45) is 0 Å². The maximum absolute atomic E-state index is 13.4. The van der Waals surface area contributed by atoms with Crippen LogP contribution in [0.15, 0.2) is 48.5 Å². The number of para-hydroxylation sites is 1. The molecule has 0 aliphatic carbocycles. The Balaban J connectivity index is 1.68. The number of piperazine rings is 1. The van der Waals surface area contributed by atoms with Gasteiger partial charge in [0, 0.05) is 48.3 Å². The molecule has 1 unspecified atom stereocenters. The number of fused-ring (bicyclic) bond motifs is 4. The lowest BCUT2D eigenvalue weighted by molar-refractivity contribution is -0.384. The molecule has 2 aliphatic rings. The van der Waals surface area contributed by atoms with Gasteiger partial charge >= 0.3 is 0 Å². The Morgan fingerprint density at radius 2 is 1.97 bits per heavy atom. The van der Waals surface area contributed by atoms with E-state index < -0.39 is 17.0 Å². The number of aromatic amines is 1. The molecule has 9 heteroatoms. The van der Waals surface area contributed by atoms with Crippen molar-refractivity contribution in [3.8, 4) is 0 Å². The van der Waals surface area contributed by atoms with Gasteiger partial charge in [-0.3, -0.25) is 19.7 Å². The second kappa shape index (κ2) is 7.76. The first-order valence-electron chi connectivity index (χ1n) is 10.5. The summed E-state index contributed by atoms with van der Waals surface area (Å²) in [5.74, 6) is -0.377. The molecule has 0 radical (unpaired) electrons. The third-order valence-electron chi connectivity index (χ3n) is 6.33. The van der Waals surface area contributed by atoms with E-state index in [9.17, 15) is 24.8 Å². The van der Waals surface area contributed by atoms with Crippen LogP contribution in [0.2, 0.25) is 0 Å². The molecular formula is C23H22N4O5. The molecule has 3 heterocycles. The van der Waals surface area contributed by atoms with Gasteiger partial charge in [0.1, 0.15) is 6.04 Å². The van der Waals surface area contributed by atoms with Crippen molar-refractivity contribution in [3.05, 3.63) is 75.5 Å². The number of benzene rings is 2. The van der Waals surface area contributed by atoms with Gasteiger partial charge in [-0.05, 0) is 23.6 Å². The number of nitro benzene ring substituents is 1. The van der Waals surface area contributed by atoms with Crippen LogP contribution in [0.25, 0.3) is 10.9 Å². The van der Waals surface area contributed by atoms with Crippen molar-refractivity contribution in [1.82, 2.24) is 14.8 Å². The fraction of sp³-hybridized carbons (Fsp3) is 0.304. The van der Waals surface area contributed by atoms with Crippen LogP contribution in [0.4, 0.5) is 5.69 Å².